The Bertz CT molecular complexity index is 191. The van der Waals surface area contributed by atoms with Gasteiger partial charge in [-0.2, -0.15) is 0 Å². The van der Waals surface area contributed by atoms with Crippen LogP contribution in [0, 0.1) is 0 Å². The summed E-state index contributed by atoms with van der Waals surface area (Å²) in [5.41, 5.74) is -0.336. The van der Waals surface area contributed by atoms with Gasteiger partial charge in [-0.3, -0.25) is 0 Å². The maximum absolute atomic E-state index is 5.63. The Morgan fingerprint density at radius 1 is 1.54 bits per heavy atom. The first-order valence-corrected chi connectivity index (χ1v) is 4.59. The molecule has 0 spiro atoms. The van der Waals surface area contributed by atoms with Crippen LogP contribution in [-0.2, 0) is 14.0 Å². The van der Waals surface area contributed by atoms with Crippen molar-refractivity contribution >= 4 is 7.12 Å². The van der Waals surface area contributed by atoms with Crippen molar-refractivity contribution in [3.05, 3.63) is 12.3 Å². The fraction of sp³-hybridized carbons (Fsp3) is 0.778. The van der Waals surface area contributed by atoms with Gasteiger partial charge in [0.15, 0.2) is 0 Å². The van der Waals surface area contributed by atoms with Crippen LogP contribution < -0.4 is 0 Å². The second-order valence-corrected chi connectivity index (χ2v) is 3.73. The molecule has 1 aliphatic rings. The molecule has 0 saturated carbocycles. The minimum Gasteiger partial charge on any atom is -0.537 e. The number of hydrogen-bond donors (Lipinski definition) is 0. The van der Waals surface area contributed by atoms with Crippen LogP contribution in [0.5, 0.6) is 0 Å². The van der Waals surface area contributed by atoms with Crippen LogP contribution >= 0.6 is 0 Å². The smallest absolute Gasteiger partial charge is 0.525 e. The molecule has 0 radical (unpaired) electrons. The van der Waals surface area contributed by atoms with Gasteiger partial charge in [-0.1, -0.05) is 6.58 Å². The van der Waals surface area contributed by atoms with Crippen LogP contribution in [0.2, 0.25) is 6.32 Å². The fourth-order valence-corrected chi connectivity index (χ4v) is 1.23. The third kappa shape index (κ3) is 2.74. The topological polar surface area (TPSA) is 27.7 Å². The monoisotopic (exact) mass is 184 g/mol. The van der Waals surface area contributed by atoms with Gasteiger partial charge in [0.05, 0.1) is 5.76 Å². The van der Waals surface area contributed by atoms with E-state index in [1.807, 2.05) is 13.8 Å². The molecular weight excluding hydrogens is 167 g/mol. The van der Waals surface area contributed by atoms with E-state index in [9.17, 15) is 0 Å². The molecule has 0 aromatic rings. The van der Waals surface area contributed by atoms with Crippen molar-refractivity contribution in [2.45, 2.75) is 32.2 Å². The predicted molar refractivity (Wildman–Crippen MR) is 52.4 cm³/mol. The molecule has 0 amide bonds. The van der Waals surface area contributed by atoms with Gasteiger partial charge in [0.1, 0.15) is 5.60 Å². The van der Waals surface area contributed by atoms with Crippen LogP contribution in [0.1, 0.15) is 20.3 Å². The summed E-state index contributed by atoms with van der Waals surface area (Å²) >= 11 is 0. The molecule has 0 aliphatic carbocycles. The molecule has 0 aromatic heterocycles. The minimum absolute atomic E-state index is 0.141. The first kappa shape index (κ1) is 10.6. The van der Waals surface area contributed by atoms with Crippen LogP contribution in [0.4, 0.5) is 0 Å². The lowest BCUT2D eigenvalue weighted by atomic mass is 9.83. The number of ether oxygens (including phenoxy) is 1. The van der Waals surface area contributed by atoms with Crippen molar-refractivity contribution in [1.82, 2.24) is 0 Å². The molecule has 3 nitrogen and oxygen atoms in total. The standard InChI is InChI=1S/C9H17BO3/c1-8-9(2,3)13-10(12-8)6-5-7-11-4/h1,5-7H2,2-4H3. The number of hydrogen-bond acceptors (Lipinski definition) is 3. The molecule has 0 bridgehead atoms. The molecule has 13 heavy (non-hydrogen) atoms. The van der Waals surface area contributed by atoms with Crippen molar-refractivity contribution < 1.29 is 14.0 Å². The molecule has 1 rings (SSSR count). The van der Waals surface area contributed by atoms with E-state index >= 15 is 0 Å². The van der Waals surface area contributed by atoms with Crippen molar-refractivity contribution in [1.29, 1.82) is 0 Å². The van der Waals surface area contributed by atoms with Crippen LogP contribution in [0.15, 0.2) is 12.3 Å². The Balaban J connectivity index is 2.28. The molecule has 1 heterocycles. The molecule has 74 valence electrons. The van der Waals surface area contributed by atoms with E-state index in [0.29, 0.717) is 0 Å². The Kier molecular flexibility index (Phi) is 3.39. The summed E-state index contributed by atoms with van der Waals surface area (Å²) in [6.45, 7) is 8.48. The molecule has 0 atom stereocenters. The zero-order valence-electron chi connectivity index (χ0n) is 8.63. The van der Waals surface area contributed by atoms with Gasteiger partial charge in [-0.05, 0) is 26.6 Å². The minimum atomic E-state index is -0.336. The highest BCUT2D eigenvalue weighted by Crippen LogP contribution is 2.30. The SMILES string of the molecule is C=C1OB(CCCOC)OC1(C)C. The highest BCUT2D eigenvalue weighted by molar-refractivity contribution is 6.45. The highest BCUT2D eigenvalue weighted by atomic mass is 16.7. The largest absolute Gasteiger partial charge is 0.537 e. The summed E-state index contributed by atoms with van der Waals surface area (Å²) in [5.74, 6) is 0.718. The highest BCUT2D eigenvalue weighted by Gasteiger charge is 2.40. The number of methoxy groups -OCH3 is 1. The number of rotatable bonds is 4. The van der Waals surface area contributed by atoms with E-state index in [4.69, 9.17) is 14.0 Å². The predicted octanol–water partition coefficient (Wildman–Crippen LogP) is 1.85. The maximum Gasteiger partial charge on any atom is 0.525 e. The Morgan fingerprint density at radius 3 is 2.69 bits per heavy atom. The summed E-state index contributed by atoms with van der Waals surface area (Å²) in [6.07, 6.45) is 1.81. The first-order valence-electron chi connectivity index (χ1n) is 4.59. The lowest BCUT2D eigenvalue weighted by Crippen LogP contribution is -2.23. The molecule has 0 aromatic carbocycles. The van der Waals surface area contributed by atoms with Crippen molar-refractivity contribution in [2.75, 3.05) is 13.7 Å². The molecule has 4 heteroatoms. The molecular formula is C9H17BO3. The lowest BCUT2D eigenvalue weighted by Gasteiger charge is -2.15. The van der Waals surface area contributed by atoms with Gasteiger partial charge in [0, 0.05) is 13.7 Å². The average Bonchev–Trinajstić information content (AvgIpc) is 2.27. The zero-order valence-corrected chi connectivity index (χ0v) is 8.63. The van der Waals surface area contributed by atoms with Crippen LogP contribution in [0.25, 0.3) is 0 Å². The molecule has 0 N–H and O–H groups in total. The molecule has 1 fully saturated rings. The van der Waals surface area contributed by atoms with Gasteiger partial charge in [0.2, 0.25) is 0 Å². The fourth-order valence-electron chi connectivity index (χ4n) is 1.23. The summed E-state index contributed by atoms with van der Waals surface area (Å²) in [5, 5.41) is 0. The second kappa shape index (κ2) is 4.16. The third-order valence-electron chi connectivity index (χ3n) is 2.16. The summed E-state index contributed by atoms with van der Waals surface area (Å²) in [4.78, 5) is 0. The van der Waals surface area contributed by atoms with E-state index in [1.165, 1.54) is 0 Å². The van der Waals surface area contributed by atoms with E-state index in [1.54, 1.807) is 7.11 Å². The van der Waals surface area contributed by atoms with Crippen LogP contribution in [0.3, 0.4) is 0 Å². The quantitative estimate of drug-likeness (QED) is 0.492. The zero-order chi connectivity index (χ0) is 9.90. The van der Waals surface area contributed by atoms with Gasteiger partial charge in [-0.25, -0.2) is 0 Å². The summed E-state index contributed by atoms with van der Waals surface area (Å²) in [7, 11) is 1.55. The Hall–Kier alpha value is -0.475. The first-order chi connectivity index (χ1) is 6.06. The maximum atomic E-state index is 5.63. The average molecular weight is 184 g/mol. The van der Waals surface area contributed by atoms with Crippen molar-refractivity contribution in [2.24, 2.45) is 0 Å². The van der Waals surface area contributed by atoms with Crippen LogP contribution in [-0.4, -0.2) is 26.4 Å². The van der Waals surface area contributed by atoms with Crippen molar-refractivity contribution in [3.63, 3.8) is 0 Å². The molecule has 1 aliphatic heterocycles. The Labute approximate surface area is 80.2 Å². The lowest BCUT2D eigenvalue weighted by molar-refractivity contribution is 0.166. The van der Waals surface area contributed by atoms with E-state index < -0.39 is 0 Å². The second-order valence-electron chi connectivity index (χ2n) is 3.73. The van der Waals surface area contributed by atoms with E-state index in [-0.39, 0.29) is 12.7 Å². The normalized spacial score (nSPS) is 20.5. The van der Waals surface area contributed by atoms with E-state index in [2.05, 4.69) is 6.58 Å². The third-order valence-corrected chi connectivity index (χ3v) is 2.16. The van der Waals surface area contributed by atoms with Gasteiger partial charge in [-0.15, -0.1) is 0 Å². The molecule has 0 unspecified atom stereocenters. The van der Waals surface area contributed by atoms with Crippen molar-refractivity contribution in [3.8, 4) is 0 Å². The molecule has 1 saturated heterocycles. The van der Waals surface area contributed by atoms with Gasteiger partial charge < -0.3 is 14.0 Å². The Morgan fingerprint density at radius 2 is 2.23 bits per heavy atom. The summed E-state index contributed by atoms with van der Waals surface area (Å²) < 4.78 is 16.0. The van der Waals surface area contributed by atoms with Gasteiger partial charge >= 0.3 is 7.12 Å². The summed E-state index contributed by atoms with van der Waals surface area (Å²) in [6, 6.07) is 0. The van der Waals surface area contributed by atoms with Gasteiger partial charge in [0.25, 0.3) is 0 Å². The van der Waals surface area contributed by atoms with E-state index in [0.717, 1.165) is 25.1 Å².